The first-order chi connectivity index (χ1) is 13.4. The highest BCUT2D eigenvalue weighted by Crippen LogP contribution is 2.31. The van der Waals surface area contributed by atoms with E-state index in [2.05, 4.69) is 15.3 Å². The van der Waals surface area contributed by atoms with Crippen molar-refractivity contribution in [1.82, 2.24) is 15.3 Å². The van der Waals surface area contributed by atoms with Crippen LogP contribution in [0.4, 0.5) is 5.69 Å². The molecule has 1 aliphatic carbocycles. The van der Waals surface area contributed by atoms with Gasteiger partial charge in [0.2, 0.25) is 5.91 Å². The second-order valence-electron chi connectivity index (χ2n) is 7.45. The highest BCUT2D eigenvalue weighted by atomic mass is 32.1. The van der Waals surface area contributed by atoms with Crippen LogP contribution in [-0.4, -0.2) is 15.9 Å². The number of aryl methyl sites for hydroxylation is 4. The quantitative estimate of drug-likeness (QED) is 0.589. The molecule has 1 atom stereocenters. The van der Waals surface area contributed by atoms with E-state index in [1.807, 2.05) is 32.0 Å². The molecule has 2 heterocycles. The molecule has 0 spiro atoms. The van der Waals surface area contributed by atoms with E-state index in [9.17, 15) is 9.59 Å². The molecule has 1 aromatic carbocycles. The molecule has 7 heteroatoms. The van der Waals surface area contributed by atoms with Crippen molar-refractivity contribution in [2.75, 3.05) is 5.73 Å². The van der Waals surface area contributed by atoms with Crippen molar-refractivity contribution in [2.45, 2.75) is 52.0 Å². The summed E-state index contributed by atoms with van der Waals surface area (Å²) in [5.74, 6) is 0.529. The maximum atomic E-state index is 12.5. The van der Waals surface area contributed by atoms with Gasteiger partial charge in [-0.25, -0.2) is 4.98 Å². The second kappa shape index (κ2) is 7.39. The number of thiophene rings is 1. The number of carbonyl (C=O) groups is 1. The van der Waals surface area contributed by atoms with Gasteiger partial charge in [-0.2, -0.15) is 0 Å². The van der Waals surface area contributed by atoms with E-state index in [-0.39, 0.29) is 17.5 Å². The van der Waals surface area contributed by atoms with Gasteiger partial charge < -0.3 is 16.0 Å². The van der Waals surface area contributed by atoms with E-state index in [1.165, 1.54) is 16.9 Å². The zero-order chi connectivity index (χ0) is 19.8. The van der Waals surface area contributed by atoms with Crippen LogP contribution in [0, 0.1) is 13.8 Å². The molecule has 28 heavy (non-hydrogen) atoms. The third-order valence-electron chi connectivity index (χ3n) is 5.49. The molecule has 0 fully saturated rings. The summed E-state index contributed by atoms with van der Waals surface area (Å²) in [7, 11) is 0. The molecule has 0 aliphatic heterocycles. The lowest BCUT2D eigenvalue weighted by Crippen LogP contribution is -2.31. The lowest BCUT2D eigenvalue weighted by molar-refractivity contribution is -0.121. The Bertz CT molecular complexity index is 1120. The Kier molecular flexibility index (Phi) is 4.93. The van der Waals surface area contributed by atoms with E-state index in [0.29, 0.717) is 24.1 Å². The molecule has 1 aliphatic rings. The number of anilines is 1. The number of nitrogen functional groups attached to an aromatic ring is 1. The first kappa shape index (κ1) is 18.7. The van der Waals surface area contributed by atoms with Gasteiger partial charge in [-0.3, -0.25) is 9.59 Å². The van der Waals surface area contributed by atoms with Gasteiger partial charge >= 0.3 is 0 Å². The molecule has 1 amide bonds. The summed E-state index contributed by atoms with van der Waals surface area (Å²) >= 11 is 1.52. The molecule has 2 aromatic heterocycles. The van der Waals surface area contributed by atoms with Gasteiger partial charge in [-0.1, -0.05) is 6.07 Å². The first-order valence-corrected chi connectivity index (χ1v) is 10.4. The third kappa shape index (κ3) is 3.54. The molecule has 3 aromatic rings. The van der Waals surface area contributed by atoms with Crippen LogP contribution in [0.25, 0.3) is 10.2 Å². The zero-order valence-electron chi connectivity index (χ0n) is 16.1. The fraction of sp³-hybridized carbons (Fsp3) is 0.381. The molecule has 4 N–H and O–H groups in total. The van der Waals surface area contributed by atoms with E-state index in [1.54, 1.807) is 0 Å². The summed E-state index contributed by atoms with van der Waals surface area (Å²) in [5.41, 5.74) is 9.87. The summed E-state index contributed by atoms with van der Waals surface area (Å²) in [4.78, 5) is 34.1. The Morgan fingerprint density at radius 1 is 1.39 bits per heavy atom. The standard InChI is InChI=1S/C21H24N4O2S/c1-11-12(2)28-21-19(11)20(27)24-17(25-21)8-9-18(26)23-16-5-3-4-13-10-14(22)6-7-15(13)16/h6-7,10,16H,3-5,8-9,22H2,1-2H3,(H,23,26)(H,24,25,27). The highest BCUT2D eigenvalue weighted by molar-refractivity contribution is 7.18. The van der Waals surface area contributed by atoms with E-state index >= 15 is 0 Å². The van der Waals surface area contributed by atoms with Crippen LogP contribution in [0.1, 0.15) is 52.7 Å². The number of aromatic amines is 1. The van der Waals surface area contributed by atoms with Crippen molar-refractivity contribution in [3.63, 3.8) is 0 Å². The number of nitrogens with zero attached hydrogens (tertiary/aromatic N) is 1. The monoisotopic (exact) mass is 396 g/mol. The molecular weight excluding hydrogens is 372 g/mol. The number of hydrogen-bond donors (Lipinski definition) is 3. The van der Waals surface area contributed by atoms with Gasteiger partial charge in [0.25, 0.3) is 5.56 Å². The summed E-state index contributed by atoms with van der Waals surface area (Å²) in [6.07, 6.45) is 3.66. The molecular formula is C21H24N4O2S. The van der Waals surface area contributed by atoms with Crippen LogP contribution >= 0.6 is 11.3 Å². The van der Waals surface area contributed by atoms with Crippen molar-refractivity contribution >= 4 is 33.1 Å². The summed E-state index contributed by atoms with van der Waals surface area (Å²) < 4.78 is 0. The minimum absolute atomic E-state index is 0.0222. The predicted molar refractivity (Wildman–Crippen MR) is 113 cm³/mol. The van der Waals surface area contributed by atoms with Crippen LogP contribution in [0.5, 0.6) is 0 Å². The molecule has 6 nitrogen and oxygen atoms in total. The highest BCUT2D eigenvalue weighted by Gasteiger charge is 2.22. The minimum Gasteiger partial charge on any atom is -0.399 e. The summed E-state index contributed by atoms with van der Waals surface area (Å²) in [6, 6.07) is 5.93. The average molecular weight is 397 g/mol. The maximum absolute atomic E-state index is 12.5. The number of aromatic nitrogens is 2. The smallest absolute Gasteiger partial charge is 0.259 e. The van der Waals surface area contributed by atoms with Crippen LogP contribution in [0.15, 0.2) is 23.0 Å². The van der Waals surface area contributed by atoms with E-state index in [0.717, 1.165) is 45.8 Å². The van der Waals surface area contributed by atoms with Gasteiger partial charge in [0.1, 0.15) is 10.7 Å². The summed E-state index contributed by atoms with van der Waals surface area (Å²) in [6.45, 7) is 3.93. The minimum atomic E-state index is -0.124. The van der Waals surface area contributed by atoms with Crippen LogP contribution in [0.2, 0.25) is 0 Å². The Hall–Kier alpha value is -2.67. The van der Waals surface area contributed by atoms with Crippen LogP contribution in [-0.2, 0) is 17.6 Å². The van der Waals surface area contributed by atoms with E-state index < -0.39 is 0 Å². The number of fused-ring (bicyclic) bond motifs is 2. The fourth-order valence-electron chi connectivity index (χ4n) is 3.90. The number of nitrogens with two attached hydrogens (primary N) is 1. The largest absolute Gasteiger partial charge is 0.399 e. The average Bonchev–Trinajstić information content (AvgIpc) is 2.94. The molecule has 0 saturated carbocycles. The van der Waals surface area contributed by atoms with Crippen molar-refractivity contribution in [3.8, 4) is 0 Å². The molecule has 0 bridgehead atoms. The summed E-state index contributed by atoms with van der Waals surface area (Å²) in [5, 5.41) is 3.79. The molecule has 0 saturated heterocycles. The lowest BCUT2D eigenvalue weighted by Gasteiger charge is -2.26. The maximum Gasteiger partial charge on any atom is 0.259 e. The molecule has 146 valence electrons. The lowest BCUT2D eigenvalue weighted by atomic mass is 9.87. The molecule has 0 radical (unpaired) electrons. The number of amides is 1. The second-order valence-corrected chi connectivity index (χ2v) is 8.65. The van der Waals surface area contributed by atoms with Gasteiger partial charge in [-0.05, 0) is 61.9 Å². The predicted octanol–water partition coefficient (Wildman–Crippen LogP) is 3.31. The van der Waals surface area contributed by atoms with Gasteiger partial charge in [-0.15, -0.1) is 11.3 Å². The Labute approximate surface area is 167 Å². The number of hydrogen-bond acceptors (Lipinski definition) is 5. The topological polar surface area (TPSA) is 101 Å². The normalized spacial score (nSPS) is 16.1. The van der Waals surface area contributed by atoms with Crippen molar-refractivity contribution in [2.24, 2.45) is 0 Å². The zero-order valence-corrected chi connectivity index (χ0v) is 16.9. The number of rotatable bonds is 4. The van der Waals surface area contributed by atoms with Gasteiger partial charge in [0.15, 0.2) is 0 Å². The van der Waals surface area contributed by atoms with Gasteiger partial charge in [0.05, 0.1) is 11.4 Å². The molecule has 4 rings (SSSR count). The van der Waals surface area contributed by atoms with Crippen LogP contribution in [0.3, 0.4) is 0 Å². The Morgan fingerprint density at radius 2 is 2.21 bits per heavy atom. The number of carbonyl (C=O) groups excluding carboxylic acids is 1. The van der Waals surface area contributed by atoms with Gasteiger partial charge in [0, 0.05) is 23.4 Å². The van der Waals surface area contributed by atoms with Crippen molar-refractivity contribution in [1.29, 1.82) is 0 Å². The Balaban J connectivity index is 1.44. The van der Waals surface area contributed by atoms with Crippen molar-refractivity contribution < 1.29 is 4.79 Å². The van der Waals surface area contributed by atoms with Crippen molar-refractivity contribution in [3.05, 3.63) is 55.9 Å². The Morgan fingerprint density at radius 3 is 3.04 bits per heavy atom. The van der Waals surface area contributed by atoms with E-state index in [4.69, 9.17) is 5.73 Å². The van der Waals surface area contributed by atoms with Crippen LogP contribution < -0.4 is 16.6 Å². The number of benzene rings is 1. The fourth-order valence-corrected chi connectivity index (χ4v) is 4.95. The molecule has 1 unspecified atom stereocenters. The first-order valence-electron chi connectivity index (χ1n) is 9.59. The third-order valence-corrected chi connectivity index (χ3v) is 6.59. The SMILES string of the molecule is Cc1sc2nc(CCC(=O)NC3CCCc4cc(N)ccc43)[nH]c(=O)c2c1C. The number of nitrogens with one attached hydrogen (secondary N) is 2. The number of H-pyrrole nitrogens is 1.